The number of nitrogens with one attached hydrogen (secondary N) is 2. The second-order valence-electron chi connectivity index (χ2n) is 9.72. The van der Waals surface area contributed by atoms with Gasteiger partial charge in [0.25, 0.3) is 5.91 Å². The number of ether oxygens (including phenoxy) is 2. The first-order chi connectivity index (χ1) is 20.7. The van der Waals surface area contributed by atoms with Gasteiger partial charge in [0.05, 0.1) is 22.6 Å². The van der Waals surface area contributed by atoms with Crippen LogP contribution in [0.1, 0.15) is 39.3 Å². The molecule has 0 saturated carbocycles. The number of halogens is 1. The van der Waals surface area contributed by atoms with Crippen LogP contribution in [0.4, 0.5) is 5.69 Å². The third-order valence-corrected chi connectivity index (χ3v) is 7.36. The van der Waals surface area contributed by atoms with Crippen molar-refractivity contribution in [3.63, 3.8) is 0 Å². The molecule has 5 aromatic rings. The summed E-state index contributed by atoms with van der Waals surface area (Å²) in [6.45, 7) is 0.330. The van der Waals surface area contributed by atoms with Crippen LogP contribution in [0.15, 0.2) is 144 Å². The Morgan fingerprint density at radius 2 is 1.31 bits per heavy atom. The fourth-order valence-corrected chi connectivity index (χ4v) is 5.28. The van der Waals surface area contributed by atoms with Gasteiger partial charge in [0, 0.05) is 29.4 Å². The molecule has 208 valence electrons. The first kappa shape index (κ1) is 27.1. The van der Waals surface area contributed by atoms with Gasteiger partial charge in [-0.15, -0.1) is 0 Å². The molecule has 0 bridgehead atoms. The van der Waals surface area contributed by atoms with E-state index in [1.54, 1.807) is 30.6 Å². The first-order valence-electron chi connectivity index (χ1n) is 13.6. The van der Waals surface area contributed by atoms with Gasteiger partial charge in [-0.1, -0.05) is 90.5 Å². The summed E-state index contributed by atoms with van der Waals surface area (Å²) in [4.78, 5) is 17.3. The van der Waals surface area contributed by atoms with Gasteiger partial charge in [0.2, 0.25) is 0 Å². The predicted molar refractivity (Wildman–Crippen MR) is 164 cm³/mol. The van der Waals surface area contributed by atoms with E-state index in [1.165, 1.54) is 0 Å². The fraction of sp³-hybridized carbons (Fsp3) is 0.0857. The van der Waals surface area contributed by atoms with E-state index in [0.717, 1.165) is 16.7 Å². The molecule has 2 atom stereocenters. The van der Waals surface area contributed by atoms with Crippen molar-refractivity contribution in [2.24, 2.45) is 0 Å². The molecule has 6 rings (SSSR count). The molecule has 1 amide bonds. The molecule has 0 radical (unpaired) electrons. The van der Waals surface area contributed by atoms with Gasteiger partial charge in [-0.2, -0.15) is 0 Å². The standard InChI is InChI=1S/C35H28ClN3O3/c36-31-32(38-22-24-12-7-8-18-28(24)35(40)39-25-13-11-21-37-23-25)34(42-27-16-5-2-6-17-27)30-20-10-9-19-29(30)33(31)41-26-14-3-1-4-15-26/h1-21,23,33-34,38H,22H2,(H,39,40). The maximum absolute atomic E-state index is 13.2. The van der Waals surface area contributed by atoms with Gasteiger partial charge in [-0.3, -0.25) is 9.78 Å². The Bertz CT molecular complexity index is 1700. The Labute approximate surface area is 249 Å². The van der Waals surface area contributed by atoms with Crippen molar-refractivity contribution in [2.75, 3.05) is 5.32 Å². The van der Waals surface area contributed by atoms with Crippen molar-refractivity contribution < 1.29 is 14.3 Å². The van der Waals surface area contributed by atoms with Crippen molar-refractivity contribution in [3.05, 3.63) is 167 Å². The van der Waals surface area contributed by atoms with Crippen molar-refractivity contribution in [1.82, 2.24) is 10.3 Å². The summed E-state index contributed by atoms with van der Waals surface area (Å²) in [6.07, 6.45) is 2.20. The molecule has 1 heterocycles. The molecule has 2 N–H and O–H groups in total. The summed E-state index contributed by atoms with van der Waals surface area (Å²) < 4.78 is 13.0. The second kappa shape index (κ2) is 12.6. The average molecular weight is 574 g/mol. The van der Waals surface area contributed by atoms with Crippen LogP contribution in [-0.2, 0) is 6.54 Å². The van der Waals surface area contributed by atoms with Gasteiger partial charge in [0.15, 0.2) is 12.2 Å². The van der Waals surface area contributed by atoms with Crippen molar-refractivity contribution in [1.29, 1.82) is 0 Å². The number of anilines is 1. The number of benzene rings is 4. The number of para-hydroxylation sites is 2. The van der Waals surface area contributed by atoms with Crippen molar-refractivity contribution in [3.8, 4) is 11.5 Å². The van der Waals surface area contributed by atoms with E-state index in [2.05, 4.69) is 15.6 Å². The van der Waals surface area contributed by atoms with Crippen LogP contribution >= 0.6 is 11.6 Å². The highest BCUT2D eigenvalue weighted by Gasteiger charge is 2.36. The summed E-state index contributed by atoms with van der Waals surface area (Å²) >= 11 is 7.19. The monoisotopic (exact) mass is 573 g/mol. The molecular formula is C35H28ClN3O3. The SMILES string of the molecule is O=C(Nc1cccnc1)c1ccccc1CNC1=C(Cl)C(Oc2ccccc2)c2ccccc2C1Oc1ccccc1. The summed E-state index contributed by atoms with van der Waals surface area (Å²) in [6, 6.07) is 38.3. The quantitative estimate of drug-likeness (QED) is 0.188. The van der Waals surface area contributed by atoms with E-state index in [9.17, 15) is 4.79 Å². The van der Waals surface area contributed by atoms with Gasteiger partial charge in [0.1, 0.15) is 11.5 Å². The van der Waals surface area contributed by atoms with Crippen LogP contribution in [0.2, 0.25) is 0 Å². The highest BCUT2D eigenvalue weighted by atomic mass is 35.5. The third-order valence-electron chi connectivity index (χ3n) is 6.96. The molecule has 0 saturated heterocycles. The Morgan fingerprint density at radius 3 is 1.98 bits per heavy atom. The minimum atomic E-state index is -0.549. The number of hydrogen-bond donors (Lipinski definition) is 2. The van der Waals surface area contributed by atoms with Gasteiger partial charge in [-0.05, 0) is 48.0 Å². The van der Waals surface area contributed by atoms with Crippen LogP contribution in [0.3, 0.4) is 0 Å². The number of hydrogen-bond acceptors (Lipinski definition) is 5. The number of fused-ring (bicyclic) bond motifs is 1. The van der Waals surface area contributed by atoms with Gasteiger partial charge in [-0.25, -0.2) is 0 Å². The third kappa shape index (κ3) is 5.99. The summed E-state index contributed by atoms with van der Waals surface area (Å²) in [5.41, 5.74) is 4.50. The topological polar surface area (TPSA) is 72.5 Å². The number of carbonyl (C=O) groups is 1. The minimum absolute atomic E-state index is 0.225. The number of rotatable bonds is 9. The smallest absolute Gasteiger partial charge is 0.256 e. The fourth-order valence-electron chi connectivity index (χ4n) is 4.95. The molecule has 42 heavy (non-hydrogen) atoms. The molecule has 0 spiro atoms. The molecule has 1 aliphatic rings. The van der Waals surface area contributed by atoms with E-state index >= 15 is 0 Å². The molecule has 4 aromatic carbocycles. The van der Waals surface area contributed by atoms with Crippen LogP contribution in [0.25, 0.3) is 0 Å². The molecule has 0 fully saturated rings. The molecule has 2 unspecified atom stereocenters. The van der Waals surface area contributed by atoms with Crippen LogP contribution in [-0.4, -0.2) is 10.9 Å². The lowest BCUT2D eigenvalue weighted by atomic mass is 9.89. The maximum atomic E-state index is 13.2. The van der Waals surface area contributed by atoms with Gasteiger partial charge >= 0.3 is 0 Å². The molecule has 7 heteroatoms. The van der Waals surface area contributed by atoms with Crippen LogP contribution < -0.4 is 20.1 Å². The molecule has 6 nitrogen and oxygen atoms in total. The minimum Gasteiger partial charge on any atom is -0.480 e. The summed E-state index contributed by atoms with van der Waals surface area (Å²) in [5, 5.41) is 6.93. The zero-order chi connectivity index (χ0) is 28.7. The Kier molecular flexibility index (Phi) is 8.15. The van der Waals surface area contributed by atoms with Crippen LogP contribution in [0.5, 0.6) is 11.5 Å². The second-order valence-corrected chi connectivity index (χ2v) is 10.1. The van der Waals surface area contributed by atoms with Crippen LogP contribution in [0, 0.1) is 0 Å². The van der Waals surface area contributed by atoms with Gasteiger partial charge < -0.3 is 20.1 Å². The molecule has 1 aliphatic carbocycles. The lowest BCUT2D eigenvalue weighted by molar-refractivity contribution is 0.102. The van der Waals surface area contributed by atoms with E-state index in [1.807, 2.05) is 103 Å². The lowest BCUT2D eigenvalue weighted by Gasteiger charge is -2.34. The van der Waals surface area contributed by atoms with E-state index in [0.29, 0.717) is 40.0 Å². The van der Waals surface area contributed by atoms with Crippen molar-refractivity contribution >= 4 is 23.2 Å². The highest BCUT2D eigenvalue weighted by molar-refractivity contribution is 6.30. The number of nitrogens with zero attached hydrogens (tertiary/aromatic N) is 1. The number of aromatic nitrogens is 1. The maximum Gasteiger partial charge on any atom is 0.256 e. The molecular weight excluding hydrogens is 546 g/mol. The zero-order valence-corrected chi connectivity index (χ0v) is 23.4. The highest BCUT2D eigenvalue weighted by Crippen LogP contribution is 2.45. The number of pyridine rings is 1. The zero-order valence-electron chi connectivity index (χ0n) is 22.6. The van der Waals surface area contributed by atoms with E-state index < -0.39 is 12.2 Å². The predicted octanol–water partition coefficient (Wildman–Crippen LogP) is 7.83. The Balaban J connectivity index is 1.35. The Morgan fingerprint density at radius 1 is 0.714 bits per heavy atom. The molecule has 1 aromatic heterocycles. The summed E-state index contributed by atoms with van der Waals surface area (Å²) in [5.74, 6) is 1.19. The van der Waals surface area contributed by atoms with E-state index in [4.69, 9.17) is 21.1 Å². The molecule has 0 aliphatic heterocycles. The first-order valence-corrected chi connectivity index (χ1v) is 14.0. The largest absolute Gasteiger partial charge is 0.480 e. The lowest BCUT2D eigenvalue weighted by Crippen LogP contribution is -2.31. The van der Waals surface area contributed by atoms with E-state index in [-0.39, 0.29) is 5.91 Å². The number of amides is 1. The summed E-state index contributed by atoms with van der Waals surface area (Å²) in [7, 11) is 0. The Hall–Kier alpha value is -5.07. The number of carbonyl (C=O) groups excluding carboxylic acids is 1. The average Bonchev–Trinajstić information content (AvgIpc) is 3.04. The normalized spacial score (nSPS) is 15.8. The van der Waals surface area contributed by atoms with Crippen molar-refractivity contribution in [2.45, 2.75) is 18.8 Å².